The normalized spacial score (nSPS) is 19.8. The zero-order valence-electron chi connectivity index (χ0n) is 11.6. The van der Waals surface area contributed by atoms with Gasteiger partial charge >= 0.3 is 0 Å². The Hall–Kier alpha value is -1.42. The molecule has 0 aromatic heterocycles. The van der Waals surface area contributed by atoms with Crippen molar-refractivity contribution in [1.29, 1.82) is 0 Å². The summed E-state index contributed by atoms with van der Waals surface area (Å²) in [6.07, 6.45) is 2.82. The van der Waals surface area contributed by atoms with Crippen molar-refractivity contribution < 1.29 is 9.18 Å². The molecule has 1 N–H and O–H groups in total. The minimum absolute atomic E-state index is 0.0633. The van der Waals surface area contributed by atoms with E-state index in [1.807, 2.05) is 6.92 Å². The van der Waals surface area contributed by atoms with E-state index in [2.05, 4.69) is 12.2 Å². The number of nitrogens with zero attached hydrogens (tertiary/aromatic N) is 1. The molecule has 0 saturated carbocycles. The van der Waals surface area contributed by atoms with Crippen LogP contribution >= 0.6 is 0 Å². The lowest BCUT2D eigenvalue weighted by molar-refractivity contribution is -0.121. The number of piperidine rings is 1. The third-order valence-corrected chi connectivity index (χ3v) is 3.54. The Morgan fingerprint density at radius 3 is 3.00 bits per heavy atom. The molecule has 1 aromatic rings. The van der Waals surface area contributed by atoms with E-state index >= 15 is 0 Å². The minimum Gasteiger partial charge on any atom is -0.311 e. The number of hydrogen-bond donors (Lipinski definition) is 1. The molecule has 1 aliphatic heterocycles. The van der Waals surface area contributed by atoms with Crippen molar-refractivity contribution in [2.24, 2.45) is 0 Å². The maximum absolute atomic E-state index is 13.4. The monoisotopic (exact) mass is 264 g/mol. The van der Waals surface area contributed by atoms with E-state index in [9.17, 15) is 9.18 Å². The lowest BCUT2D eigenvalue weighted by Crippen LogP contribution is -2.51. The third kappa shape index (κ3) is 3.13. The highest BCUT2D eigenvalue weighted by molar-refractivity contribution is 5.98. The van der Waals surface area contributed by atoms with Gasteiger partial charge in [0.1, 0.15) is 5.82 Å². The Bertz CT molecular complexity index is 461. The molecule has 1 unspecified atom stereocenters. The predicted molar refractivity (Wildman–Crippen MR) is 74.8 cm³/mol. The first-order valence-electron chi connectivity index (χ1n) is 6.94. The Balaban J connectivity index is 2.19. The molecule has 3 nitrogen and oxygen atoms in total. The summed E-state index contributed by atoms with van der Waals surface area (Å²) < 4.78 is 13.4. The molecule has 0 spiro atoms. The van der Waals surface area contributed by atoms with Crippen molar-refractivity contribution in [3.8, 4) is 0 Å². The summed E-state index contributed by atoms with van der Waals surface area (Å²) in [5.74, 6) is -0.231. The van der Waals surface area contributed by atoms with E-state index in [0.29, 0.717) is 12.2 Å². The van der Waals surface area contributed by atoms with Gasteiger partial charge in [-0.15, -0.1) is 0 Å². The van der Waals surface area contributed by atoms with Gasteiger partial charge in [0, 0.05) is 12.2 Å². The summed E-state index contributed by atoms with van der Waals surface area (Å²) in [4.78, 5) is 14.2. The first kappa shape index (κ1) is 14.0. The van der Waals surface area contributed by atoms with Crippen LogP contribution in [0.1, 0.15) is 31.7 Å². The number of aryl methyl sites for hydroxylation is 1. The van der Waals surface area contributed by atoms with Crippen LogP contribution in [0, 0.1) is 12.7 Å². The minimum atomic E-state index is -0.294. The highest BCUT2D eigenvalue weighted by Crippen LogP contribution is 2.25. The summed E-state index contributed by atoms with van der Waals surface area (Å²) in [7, 11) is 0. The third-order valence-electron chi connectivity index (χ3n) is 3.54. The first-order valence-corrected chi connectivity index (χ1v) is 6.94. The second-order valence-corrected chi connectivity index (χ2v) is 5.07. The predicted octanol–water partition coefficient (Wildman–Crippen LogP) is 2.63. The maximum atomic E-state index is 13.4. The molecule has 0 aliphatic carbocycles. The smallest absolute Gasteiger partial charge is 0.244 e. The molecule has 1 amide bonds. The number of amides is 1. The molecule has 1 aromatic carbocycles. The number of nitrogens with one attached hydrogen (secondary N) is 1. The van der Waals surface area contributed by atoms with Crippen molar-refractivity contribution in [2.75, 3.05) is 18.0 Å². The van der Waals surface area contributed by atoms with Gasteiger partial charge in [0.25, 0.3) is 0 Å². The number of anilines is 1. The Morgan fingerprint density at radius 2 is 2.26 bits per heavy atom. The fourth-order valence-electron chi connectivity index (χ4n) is 2.50. The molecular formula is C15H21FN2O. The molecule has 104 valence electrons. The van der Waals surface area contributed by atoms with E-state index in [1.54, 1.807) is 11.0 Å². The first-order chi connectivity index (χ1) is 9.13. The van der Waals surface area contributed by atoms with Crippen LogP contribution in [-0.2, 0) is 4.79 Å². The number of carbonyl (C=O) groups excluding carboxylic acids is 1. The van der Waals surface area contributed by atoms with Crippen LogP contribution in [0.2, 0.25) is 0 Å². The van der Waals surface area contributed by atoms with Crippen LogP contribution in [0.25, 0.3) is 0 Å². The molecule has 0 radical (unpaired) electrons. The summed E-state index contributed by atoms with van der Waals surface area (Å²) in [5, 5.41) is 3.27. The van der Waals surface area contributed by atoms with Gasteiger partial charge in [-0.3, -0.25) is 4.79 Å². The van der Waals surface area contributed by atoms with Crippen LogP contribution in [0.5, 0.6) is 0 Å². The van der Waals surface area contributed by atoms with Crippen LogP contribution < -0.4 is 10.2 Å². The zero-order chi connectivity index (χ0) is 13.8. The standard InChI is InChI=1S/C15H21FN2O/c1-3-8-17-13-5-4-9-18(15(13)19)14-10-12(16)7-6-11(14)2/h6-7,10,13,17H,3-5,8-9H2,1-2H3. The summed E-state index contributed by atoms with van der Waals surface area (Å²) >= 11 is 0. The second-order valence-electron chi connectivity index (χ2n) is 5.07. The maximum Gasteiger partial charge on any atom is 0.244 e. The Labute approximate surface area is 113 Å². The highest BCUT2D eigenvalue weighted by atomic mass is 19.1. The number of carbonyl (C=O) groups is 1. The molecule has 2 rings (SSSR count). The van der Waals surface area contributed by atoms with Crippen LogP contribution in [-0.4, -0.2) is 25.0 Å². The molecule has 1 saturated heterocycles. The average molecular weight is 264 g/mol. The molecule has 1 heterocycles. The number of benzene rings is 1. The average Bonchev–Trinajstić information content (AvgIpc) is 2.41. The SMILES string of the molecule is CCCNC1CCCN(c2cc(F)ccc2C)C1=O. The van der Waals surface area contributed by atoms with Gasteiger partial charge in [-0.25, -0.2) is 4.39 Å². The fraction of sp³-hybridized carbons (Fsp3) is 0.533. The molecule has 19 heavy (non-hydrogen) atoms. The quantitative estimate of drug-likeness (QED) is 0.906. The van der Waals surface area contributed by atoms with Crippen molar-refractivity contribution in [1.82, 2.24) is 5.32 Å². The topological polar surface area (TPSA) is 32.3 Å². The molecule has 1 fully saturated rings. The van der Waals surface area contributed by atoms with E-state index in [1.165, 1.54) is 12.1 Å². The lowest BCUT2D eigenvalue weighted by Gasteiger charge is -2.33. The fourth-order valence-corrected chi connectivity index (χ4v) is 2.50. The Morgan fingerprint density at radius 1 is 1.47 bits per heavy atom. The lowest BCUT2D eigenvalue weighted by atomic mass is 10.0. The second kappa shape index (κ2) is 6.15. The van der Waals surface area contributed by atoms with Gasteiger partial charge in [0.15, 0.2) is 0 Å². The van der Waals surface area contributed by atoms with Gasteiger partial charge in [0.05, 0.1) is 6.04 Å². The number of hydrogen-bond acceptors (Lipinski definition) is 2. The Kier molecular flexibility index (Phi) is 4.53. The number of halogens is 1. The van der Waals surface area contributed by atoms with E-state index in [4.69, 9.17) is 0 Å². The molecule has 1 atom stereocenters. The van der Waals surface area contributed by atoms with Crippen LogP contribution in [0.15, 0.2) is 18.2 Å². The molecular weight excluding hydrogens is 243 g/mol. The van der Waals surface area contributed by atoms with Crippen molar-refractivity contribution in [3.63, 3.8) is 0 Å². The highest BCUT2D eigenvalue weighted by Gasteiger charge is 2.29. The molecule has 4 heteroatoms. The van der Waals surface area contributed by atoms with Crippen molar-refractivity contribution >= 4 is 11.6 Å². The summed E-state index contributed by atoms with van der Waals surface area (Å²) in [6.45, 7) is 5.50. The van der Waals surface area contributed by atoms with E-state index in [-0.39, 0.29) is 17.8 Å². The van der Waals surface area contributed by atoms with Gasteiger partial charge in [-0.05, 0) is 50.4 Å². The van der Waals surface area contributed by atoms with Crippen LogP contribution in [0.4, 0.5) is 10.1 Å². The van der Waals surface area contributed by atoms with Gasteiger partial charge in [-0.2, -0.15) is 0 Å². The summed E-state index contributed by atoms with van der Waals surface area (Å²) in [6, 6.07) is 4.48. The van der Waals surface area contributed by atoms with E-state index < -0.39 is 0 Å². The molecule has 1 aliphatic rings. The summed E-state index contributed by atoms with van der Waals surface area (Å²) in [5.41, 5.74) is 1.64. The van der Waals surface area contributed by atoms with Gasteiger partial charge in [-0.1, -0.05) is 13.0 Å². The number of rotatable bonds is 4. The van der Waals surface area contributed by atoms with Crippen molar-refractivity contribution in [3.05, 3.63) is 29.6 Å². The van der Waals surface area contributed by atoms with Crippen molar-refractivity contribution in [2.45, 2.75) is 39.2 Å². The molecule has 0 bridgehead atoms. The van der Waals surface area contributed by atoms with E-state index in [0.717, 1.165) is 31.4 Å². The van der Waals surface area contributed by atoms with Gasteiger partial charge in [0.2, 0.25) is 5.91 Å². The zero-order valence-corrected chi connectivity index (χ0v) is 11.6. The largest absolute Gasteiger partial charge is 0.311 e. The van der Waals surface area contributed by atoms with Crippen LogP contribution in [0.3, 0.4) is 0 Å². The van der Waals surface area contributed by atoms with Gasteiger partial charge < -0.3 is 10.2 Å².